The first-order chi connectivity index (χ1) is 10.7. The summed E-state index contributed by atoms with van der Waals surface area (Å²) in [6, 6.07) is 9.28. The van der Waals surface area contributed by atoms with Gasteiger partial charge in [0.25, 0.3) is 0 Å². The number of benzene rings is 1. The van der Waals surface area contributed by atoms with Crippen molar-refractivity contribution in [2.24, 2.45) is 5.92 Å². The second-order valence-electron chi connectivity index (χ2n) is 5.31. The lowest BCUT2D eigenvalue weighted by molar-refractivity contribution is -0.122. The van der Waals surface area contributed by atoms with Crippen molar-refractivity contribution >= 4 is 23.2 Å². The number of para-hydroxylation sites is 1. The van der Waals surface area contributed by atoms with E-state index in [1.54, 1.807) is 15.8 Å². The van der Waals surface area contributed by atoms with E-state index in [4.69, 9.17) is 0 Å². The molecule has 1 aliphatic heterocycles. The number of nitrogens with one attached hydrogen (secondary N) is 1. The number of amides is 2. The van der Waals surface area contributed by atoms with Crippen molar-refractivity contribution in [2.45, 2.75) is 19.9 Å². The van der Waals surface area contributed by atoms with E-state index in [2.05, 4.69) is 10.4 Å². The van der Waals surface area contributed by atoms with E-state index in [-0.39, 0.29) is 24.2 Å². The van der Waals surface area contributed by atoms with Crippen LogP contribution in [0.1, 0.15) is 13.3 Å². The van der Waals surface area contributed by atoms with Crippen LogP contribution < -0.4 is 10.2 Å². The zero-order valence-corrected chi connectivity index (χ0v) is 12.4. The van der Waals surface area contributed by atoms with Gasteiger partial charge in [-0.25, -0.2) is 0 Å². The third-order valence-corrected chi connectivity index (χ3v) is 3.79. The summed E-state index contributed by atoms with van der Waals surface area (Å²) in [7, 11) is 0. The van der Waals surface area contributed by atoms with Crippen molar-refractivity contribution in [3.8, 4) is 0 Å². The molecule has 1 aromatic carbocycles. The summed E-state index contributed by atoms with van der Waals surface area (Å²) < 4.78 is 1.76. The minimum Gasteiger partial charge on any atom is -0.326 e. The van der Waals surface area contributed by atoms with Crippen LogP contribution in [-0.4, -0.2) is 28.1 Å². The molecule has 0 radical (unpaired) electrons. The zero-order valence-electron chi connectivity index (χ0n) is 12.4. The molecule has 1 aromatic heterocycles. The van der Waals surface area contributed by atoms with E-state index >= 15 is 0 Å². The lowest BCUT2D eigenvalue weighted by Gasteiger charge is -2.14. The van der Waals surface area contributed by atoms with Gasteiger partial charge in [0.05, 0.1) is 17.8 Å². The first-order valence-electron chi connectivity index (χ1n) is 7.36. The van der Waals surface area contributed by atoms with E-state index in [0.29, 0.717) is 6.54 Å². The SMILES string of the molecule is CCn1cc(N2C[C@H](C(=O)Nc3ccccc3)CC2=O)cn1. The van der Waals surface area contributed by atoms with Crippen LogP contribution in [0.25, 0.3) is 0 Å². The van der Waals surface area contributed by atoms with Crippen molar-refractivity contribution in [3.63, 3.8) is 0 Å². The van der Waals surface area contributed by atoms with E-state index in [9.17, 15) is 9.59 Å². The van der Waals surface area contributed by atoms with Gasteiger partial charge in [-0.1, -0.05) is 18.2 Å². The number of nitrogens with zero attached hydrogens (tertiary/aromatic N) is 3. The third-order valence-electron chi connectivity index (χ3n) is 3.79. The molecule has 0 aliphatic carbocycles. The summed E-state index contributed by atoms with van der Waals surface area (Å²) in [5.41, 5.74) is 1.50. The molecule has 22 heavy (non-hydrogen) atoms. The molecular weight excluding hydrogens is 280 g/mol. The van der Waals surface area contributed by atoms with Crippen LogP contribution in [0.2, 0.25) is 0 Å². The maximum atomic E-state index is 12.3. The highest BCUT2D eigenvalue weighted by molar-refractivity contribution is 6.03. The number of hydrogen-bond acceptors (Lipinski definition) is 3. The first-order valence-corrected chi connectivity index (χ1v) is 7.36. The second-order valence-corrected chi connectivity index (χ2v) is 5.31. The lowest BCUT2D eigenvalue weighted by Crippen LogP contribution is -2.27. The highest BCUT2D eigenvalue weighted by atomic mass is 16.2. The van der Waals surface area contributed by atoms with Crippen molar-refractivity contribution < 1.29 is 9.59 Å². The van der Waals surface area contributed by atoms with Gasteiger partial charge in [0, 0.05) is 31.4 Å². The van der Waals surface area contributed by atoms with E-state index in [0.717, 1.165) is 17.9 Å². The summed E-state index contributed by atoms with van der Waals surface area (Å²) in [5.74, 6) is -0.494. The number of hydrogen-bond donors (Lipinski definition) is 1. The average Bonchev–Trinajstić information content (AvgIpc) is 3.14. The van der Waals surface area contributed by atoms with Crippen molar-refractivity contribution in [1.82, 2.24) is 9.78 Å². The minimum absolute atomic E-state index is 0.0381. The molecule has 2 aromatic rings. The largest absolute Gasteiger partial charge is 0.326 e. The number of carbonyl (C=O) groups is 2. The summed E-state index contributed by atoms with van der Waals surface area (Å²) in [4.78, 5) is 26.1. The molecule has 1 atom stereocenters. The molecule has 0 saturated carbocycles. The Balaban J connectivity index is 1.67. The number of carbonyl (C=O) groups excluding carboxylic acids is 2. The molecule has 0 bridgehead atoms. The molecule has 6 heteroatoms. The standard InChI is InChI=1S/C16H18N4O2/c1-2-19-11-14(9-17-19)20-10-12(8-15(20)21)16(22)18-13-6-4-3-5-7-13/h3-7,9,11-12H,2,8,10H2,1H3,(H,18,22)/t12-/m1/s1. The summed E-state index contributed by atoms with van der Waals surface area (Å²) in [6.45, 7) is 3.13. The number of rotatable bonds is 4. The fourth-order valence-electron chi connectivity index (χ4n) is 2.56. The predicted molar refractivity (Wildman–Crippen MR) is 83.4 cm³/mol. The van der Waals surface area contributed by atoms with Gasteiger partial charge in [-0.05, 0) is 19.1 Å². The van der Waals surface area contributed by atoms with Gasteiger partial charge in [0.15, 0.2) is 0 Å². The number of aryl methyl sites for hydroxylation is 1. The Morgan fingerprint density at radius 1 is 1.36 bits per heavy atom. The third kappa shape index (κ3) is 2.86. The fourth-order valence-corrected chi connectivity index (χ4v) is 2.56. The minimum atomic E-state index is -0.335. The van der Waals surface area contributed by atoms with Crippen LogP contribution in [-0.2, 0) is 16.1 Å². The average molecular weight is 298 g/mol. The molecule has 2 amide bonds. The molecule has 3 rings (SSSR count). The Morgan fingerprint density at radius 2 is 2.14 bits per heavy atom. The quantitative estimate of drug-likeness (QED) is 0.937. The van der Waals surface area contributed by atoms with Crippen LogP contribution >= 0.6 is 0 Å². The summed E-state index contributed by atoms with van der Waals surface area (Å²) in [5, 5.41) is 7.03. The van der Waals surface area contributed by atoms with Gasteiger partial charge in [0.2, 0.25) is 11.8 Å². The lowest BCUT2D eigenvalue weighted by atomic mass is 10.1. The van der Waals surface area contributed by atoms with Crippen molar-refractivity contribution in [2.75, 3.05) is 16.8 Å². The molecule has 1 fully saturated rings. The predicted octanol–water partition coefficient (Wildman–Crippen LogP) is 1.89. The maximum Gasteiger partial charge on any atom is 0.229 e. The van der Waals surface area contributed by atoms with E-state index < -0.39 is 0 Å². The Hall–Kier alpha value is -2.63. The van der Waals surface area contributed by atoms with Crippen LogP contribution in [0.3, 0.4) is 0 Å². The summed E-state index contributed by atoms with van der Waals surface area (Å²) in [6.07, 6.45) is 3.73. The molecule has 0 spiro atoms. The van der Waals surface area contributed by atoms with Crippen molar-refractivity contribution in [1.29, 1.82) is 0 Å². The molecule has 1 aliphatic rings. The van der Waals surface area contributed by atoms with Crippen LogP contribution in [0.15, 0.2) is 42.7 Å². The van der Waals surface area contributed by atoms with Crippen LogP contribution in [0, 0.1) is 5.92 Å². The van der Waals surface area contributed by atoms with Gasteiger partial charge in [-0.3, -0.25) is 14.3 Å². The van der Waals surface area contributed by atoms with Crippen LogP contribution in [0.5, 0.6) is 0 Å². The number of aromatic nitrogens is 2. The second kappa shape index (κ2) is 6.01. The highest BCUT2D eigenvalue weighted by Crippen LogP contribution is 2.25. The van der Waals surface area contributed by atoms with Crippen LogP contribution in [0.4, 0.5) is 11.4 Å². The fraction of sp³-hybridized carbons (Fsp3) is 0.312. The van der Waals surface area contributed by atoms with Gasteiger partial charge < -0.3 is 10.2 Å². The molecule has 1 N–H and O–H groups in total. The van der Waals surface area contributed by atoms with Gasteiger partial charge in [-0.15, -0.1) is 0 Å². The van der Waals surface area contributed by atoms with Crippen molar-refractivity contribution in [3.05, 3.63) is 42.7 Å². The smallest absolute Gasteiger partial charge is 0.229 e. The molecule has 114 valence electrons. The molecular formula is C16H18N4O2. The van der Waals surface area contributed by atoms with Gasteiger partial charge in [0.1, 0.15) is 0 Å². The normalized spacial score (nSPS) is 17.8. The molecule has 1 saturated heterocycles. The Labute approximate surface area is 128 Å². The Morgan fingerprint density at radius 3 is 2.82 bits per heavy atom. The monoisotopic (exact) mass is 298 g/mol. The molecule has 2 heterocycles. The van der Waals surface area contributed by atoms with E-state index in [1.807, 2.05) is 43.5 Å². The number of anilines is 2. The highest BCUT2D eigenvalue weighted by Gasteiger charge is 2.35. The summed E-state index contributed by atoms with van der Waals surface area (Å²) >= 11 is 0. The first kappa shape index (κ1) is 14.3. The van der Waals surface area contributed by atoms with Gasteiger partial charge in [-0.2, -0.15) is 5.10 Å². The topological polar surface area (TPSA) is 67.2 Å². The Kier molecular flexibility index (Phi) is 3.91. The molecule has 0 unspecified atom stereocenters. The Bertz CT molecular complexity index is 680. The molecule has 6 nitrogen and oxygen atoms in total. The zero-order chi connectivity index (χ0) is 15.5. The van der Waals surface area contributed by atoms with E-state index in [1.165, 1.54) is 0 Å². The maximum absolute atomic E-state index is 12.3. The van der Waals surface area contributed by atoms with Gasteiger partial charge >= 0.3 is 0 Å².